The average Bonchev–Trinajstić information content (AvgIpc) is 2.87. The maximum absolute atomic E-state index is 11.9. The highest BCUT2D eigenvalue weighted by atomic mass is 35.5. The van der Waals surface area contributed by atoms with Crippen molar-refractivity contribution in [2.45, 2.75) is 38.3 Å². The number of piperazine rings is 1. The van der Waals surface area contributed by atoms with Crippen LogP contribution in [-0.2, 0) is 14.3 Å². The van der Waals surface area contributed by atoms with Crippen molar-refractivity contribution in [3.05, 3.63) is 0 Å². The number of carbonyl (C=O) groups excluding carboxylic acids is 1. The lowest BCUT2D eigenvalue weighted by Crippen LogP contribution is -2.51. The highest BCUT2D eigenvalue weighted by Crippen LogP contribution is 2.12. The van der Waals surface area contributed by atoms with Gasteiger partial charge in [-0.3, -0.25) is 4.79 Å². The number of rotatable bonds is 5. The normalized spacial score (nSPS) is 27.1. The fraction of sp³-hybridized carbons (Fsp3) is 0.923. The van der Waals surface area contributed by atoms with E-state index >= 15 is 0 Å². The lowest BCUT2D eigenvalue weighted by molar-refractivity contribution is -0.133. The molecular formula is C13H25ClN2O3. The van der Waals surface area contributed by atoms with Crippen LogP contribution < -0.4 is 5.32 Å². The van der Waals surface area contributed by atoms with E-state index in [1.54, 1.807) is 0 Å². The first kappa shape index (κ1) is 16.7. The Kier molecular flexibility index (Phi) is 7.68. The summed E-state index contributed by atoms with van der Waals surface area (Å²) in [4.78, 5) is 13.9. The molecule has 5 nitrogen and oxygen atoms in total. The Morgan fingerprint density at radius 2 is 2.37 bits per heavy atom. The summed E-state index contributed by atoms with van der Waals surface area (Å²) in [7, 11) is 0. The number of nitrogens with one attached hydrogen (secondary N) is 1. The Balaban J connectivity index is 0.00000180. The summed E-state index contributed by atoms with van der Waals surface area (Å²) in [6.45, 7) is 6.62. The van der Waals surface area contributed by atoms with E-state index in [2.05, 4.69) is 12.2 Å². The van der Waals surface area contributed by atoms with Crippen molar-refractivity contribution in [3.63, 3.8) is 0 Å². The van der Waals surface area contributed by atoms with E-state index in [1.165, 1.54) is 0 Å². The SMILES string of the molecule is CC1CN(C(=O)CCOCC2CCCO2)CCN1.Cl. The fourth-order valence-electron chi connectivity index (χ4n) is 2.47. The van der Waals surface area contributed by atoms with E-state index in [0.717, 1.165) is 39.1 Å². The van der Waals surface area contributed by atoms with Crippen LogP contribution in [0, 0.1) is 0 Å². The predicted octanol–water partition coefficient (Wildman–Crippen LogP) is 0.814. The molecular weight excluding hydrogens is 268 g/mol. The van der Waals surface area contributed by atoms with Gasteiger partial charge >= 0.3 is 0 Å². The average molecular weight is 293 g/mol. The Morgan fingerprint density at radius 1 is 1.53 bits per heavy atom. The quantitative estimate of drug-likeness (QED) is 0.762. The molecule has 0 aromatic carbocycles. The van der Waals surface area contributed by atoms with E-state index < -0.39 is 0 Å². The van der Waals surface area contributed by atoms with Crippen molar-refractivity contribution in [2.24, 2.45) is 0 Å². The number of nitrogens with zero attached hydrogens (tertiary/aromatic N) is 1. The molecule has 0 aromatic heterocycles. The van der Waals surface area contributed by atoms with Crippen LogP contribution in [0.1, 0.15) is 26.2 Å². The van der Waals surface area contributed by atoms with Gasteiger partial charge in [-0.25, -0.2) is 0 Å². The van der Waals surface area contributed by atoms with Crippen LogP contribution in [-0.4, -0.2) is 62.4 Å². The third-order valence-corrected chi connectivity index (χ3v) is 3.51. The number of ether oxygens (including phenoxy) is 2. The van der Waals surface area contributed by atoms with Gasteiger partial charge in [0, 0.05) is 32.3 Å². The first-order chi connectivity index (χ1) is 8.75. The van der Waals surface area contributed by atoms with E-state index in [0.29, 0.717) is 25.7 Å². The maximum Gasteiger partial charge on any atom is 0.224 e. The Labute approximate surface area is 121 Å². The van der Waals surface area contributed by atoms with Gasteiger partial charge in [-0.05, 0) is 19.8 Å². The Morgan fingerprint density at radius 3 is 3.05 bits per heavy atom. The molecule has 0 aromatic rings. The van der Waals surface area contributed by atoms with Crippen molar-refractivity contribution in [1.82, 2.24) is 10.2 Å². The molecule has 2 heterocycles. The molecule has 112 valence electrons. The van der Waals surface area contributed by atoms with Crippen LogP contribution in [0.2, 0.25) is 0 Å². The molecule has 2 fully saturated rings. The largest absolute Gasteiger partial charge is 0.378 e. The number of hydrogen-bond acceptors (Lipinski definition) is 4. The van der Waals surface area contributed by atoms with E-state index in [4.69, 9.17) is 9.47 Å². The second-order valence-electron chi connectivity index (χ2n) is 5.15. The molecule has 6 heteroatoms. The molecule has 0 spiro atoms. The lowest BCUT2D eigenvalue weighted by Gasteiger charge is -2.32. The van der Waals surface area contributed by atoms with Crippen molar-refractivity contribution < 1.29 is 14.3 Å². The summed E-state index contributed by atoms with van der Waals surface area (Å²) in [6, 6.07) is 0.399. The van der Waals surface area contributed by atoms with Gasteiger partial charge in [0.15, 0.2) is 0 Å². The topological polar surface area (TPSA) is 50.8 Å². The van der Waals surface area contributed by atoms with Crippen LogP contribution in [0.15, 0.2) is 0 Å². The highest BCUT2D eigenvalue weighted by molar-refractivity contribution is 5.85. The molecule has 2 aliphatic heterocycles. The lowest BCUT2D eigenvalue weighted by atomic mass is 10.2. The summed E-state index contributed by atoms with van der Waals surface area (Å²) >= 11 is 0. The summed E-state index contributed by atoms with van der Waals surface area (Å²) in [6.07, 6.45) is 2.95. The predicted molar refractivity (Wildman–Crippen MR) is 75.7 cm³/mol. The number of carbonyl (C=O) groups is 1. The molecule has 0 radical (unpaired) electrons. The molecule has 2 saturated heterocycles. The van der Waals surface area contributed by atoms with E-state index in [-0.39, 0.29) is 24.4 Å². The van der Waals surface area contributed by atoms with Crippen LogP contribution in [0.5, 0.6) is 0 Å². The van der Waals surface area contributed by atoms with Crippen molar-refractivity contribution in [1.29, 1.82) is 0 Å². The molecule has 19 heavy (non-hydrogen) atoms. The third kappa shape index (κ3) is 5.65. The highest BCUT2D eigenvalue weighted by Gasteiger charge is 2.20. The van der Waals surface area contributed by atoms with Gasteiger partial charge in [0.05, 0.1) is 25.7 Å². The zero-order valence-electron chi connectivity index (χ0n) is 11.6. The van der Waals surface area contributed by atoms with Gasteiger partial charge in [-0.1, -0.05) is 0 Å². The van der Waals surface area contributed by atoms with Gasteiger partial charge in [0.25, 0.3) is 0 Å². The summed E-state index contributed by atoms with van der Waals surface area (Å²) in [5.74, 6) is 0.204. The van der Waals surface area contributed by atoms with Crippen LogP contribution in [0.4, 0.5) is 0 Å². The molecule has 2 aliphatic rings. The van der Waals surface area contributed by atoms with Crippen LogP contribution >= 0.6 is 12.4 Å². The second kappa shape index (κ2) is 8.74. The number of halogens is 1. The van der Waals surface area contributed by atoms with Crippen molar-refractivity contribution in [3.8, 4) is 0 Å². The smallest absolute Gasteiger partial charge is 0.224 e. The van der Waals surface area contributed by atoms with Crippen LogP contribution in [0.3, 0.4) is 0 Å². The summed E-state index contributed by atoms with van der Waals surface area (Å²) in [5, 5.41) is 3.33. The minimum absolute atomic E-state index is 0. The minimum atomic E-state index is 0. The maximum atomic E-state index is 11.9. The first-order valence-corrected chi connectivity index (χ1v) is 6.96. The zero-order valence-corrected chi connectivity index (χ0v) is 12.4. The van der Waals surface area contributed by atoms with Crippen molar-refractivity contribution >= 4 is 18.3 Å². The molecule has 1 N–H and O–H groups in total. The Bertz CT molecular complexity index is 273. The second-order valence-corrected chi connectivity index (χ2v) is 5.15. The van der Waals surface area contributed by atoms with Gasteiger partial charge in [-0.15, -0.1) is 12.4 Å². The van der Waals surface area contributed by atoms with Gasteiger partial charge in [0.1, 0.15) is 0 Å². The Hall–Kier alpha value is -0.360. The van der Waals surface area contributed by atoms with Crippen molar-refractivity contribution in [2.75, 3.05) is 39.5 Å². The van der Waals surface area contributed by atoms with E-state index in [9.17, 15) is 4.79 Å². The minimum Gasteiger partial charge on any atom is -0.378 e. The van der Waals surface area contributed by atoms with Gasteiger partial charge < -0.3 is 19.7 Å². The molecule has 2 rings (SSSR count). The third-order valence-electron chi connectivity index (χ3n) is 3.51. The van der Waals surface area contributed by atoms with Crippen LogP contribution in [0.25, 0.3) is 0 Å². The molecule has 0 bridgehead atoms. The fourth-order valence-corrected chi connectivity index (χ4v) is 2.47. The number of hydrogen-bond donors (Lipinski definition) is 1. The standard InChI is InChI=1S/C13H24N2O3.ClH/c1-11-9-15(6-5-14-11)13(16)4-8-17-10-12-3-2-7-18-12;/h11-12,14H,2-10H2,1H3;1H. The summed E-state index contributed by atoms with van der Waals surface area (Å²) in [5.41, 5.74) is 0. The van der Waals surface area contributed by atoms with E-state index in [1.807, 2.05) is 4.90 Å². The first-order valence-electron chi connectivity index (χ1n) is 6.96. The number of amides is 1. The zero-order chi connectivity index (χ0) is 12.8. The monoisotopic (exact) mass is 292 g/mol. The van der Waals surface area contributed by atoms with Gasteiger partial charge in [-0.2, -0.15) is 0 Å². The summed E-state index contributed by atoms with van der Waals surface area (Å²) < 4.78 is 11.0. The van der Waals surface area contributed by atoms with Gasteiger partial charge in [0.2, 0.25) is 5.91 Å². The molecule has 0 saturated carbocycles. The molecule has 1 amide bonds. The molecule has 2 atom stereocenters. The molecule has 2 unspecified atom stereocenters. The molecule has 0 aliphatic carbocycles.